The summed E-state index contributed by atoms with van der Waals surface area (Å²) < 4.78 is 12.4. The van der Waals surface area contributed by atoms with Crippen LogP contribution in [0.15, 0.2) is 48.7 Å². The van der Waals surface area contributed by atoms with Crippen molar-refractivity contribution in [2.75, 3.05) is 12.1 Å². The summed E-state index contributed by atoms with van der Waals surface area (Å²) in [6.45, 7) is 0.418. The lowest BCUT2D eigenvalue weighted by atomic mass is 10.2. The first-order valence-electron chi connectivity index (χ1n) is 7.13. The number of carbonyl (C=O) groups is 1. The number of hydrogen-bond acceptors (Lipinski definition) is 3. The van der Waals surface area contributed by atoms with Gasteiger partial charge in [-0.2, -0.15) is 0 Å². The summed E-state index contributed by atoms with van der Waals surface area (Å²) in [4.78, 5) is 12.3. The minimum atomic E-state index is -0.124. The number of anilines is 1. The third kappa shape index (κ3) is 2.59. The van der Waals surface area contributed by atoms with Crippen LogP contribution < -0.4 is 14.8 Å². The van der Waals surface area contributed by atoms with Crippen molar-refractivity contribution in [3.63, 3.8) is 0 Å². The zero-order valence-electron chi connectivity index (χ0n) is 12.1. The zero-order chi connectivity index (χ0) is 15.8. The van der Waals surface area contributed by atoms with Crippen LogP contribution in [-0.2, 0) is 11.3 Å². The predicted molar refractivity (Wildman–Crippen MR) is 88.1 cm³/mol. The molecule has 0 fully saturated rings. The minimum absolute atomic E-state index is 0.124. The van der Waals surface area contributed by atoms with Gasteiger partial charge in [0.25, 0.3) is 0 Å². The molecule has 0 saturated carbocycles. The van der Waals surface area contributed by atoms with Crippen LogP contribution in [0.3, 0.4) is 0 Å². The number of carbonyl (C=O) groups excluding carboxylic acids is 1. The van der Waals surface area contributed by atoms with Gasteiger partial charge in [-0.1, -0.05) is 17.7 Å². The van der Waals surface area contributed by atoms with E-state index in [2.05, 4.69) is 5.32 Å². The van der Waals surface area contributed by atoms with Crippen molar-refractivity contribution < 1.29 is 14.3 Å². The van der Waals surface area contributed by atoms with E-state index in [-0.39, 0.29) is 19.2 Å². The summed E-state index contributed by atoms with van der Waals surface area (Å²) in [5.41, 5.74) is 1.60. The number of fused-ring (bicyclic) bond motifs is 2. The first kappa shape index (κ1) is 14.0. The van der Waals surface area contributed by atoms with E-state index in [4.69, 9.17) is 21.1 Å². The molecular weight excluding hydrogens is 316 g/mol. The zero-order valence-corrected chi connectivity index (χ0v) is 12.8. The number of nitrogens with zero attached hydrogens (tertiary/aromatic N) is 1. The molecule has 0 spiro atoms. The standard InChI is InChI=1S/C17H13ClN2O3/c18-13-2-1-3-14-12(13)6-7-20(14)9-17(21)19-11-4-5-15-16(8-11)23-10-22-15/h1-8H,9-10H2,(H,19,21). The van der Waals surface area contributed by atoms with Crippen LogP contribution in [0.2, 0.25) is 5.02 Å². The molecule has 0 unspecified atom stereocenters. The maximum absolute atomic E-state index is 12.3. The molecule has 1 amide bonds. The largest absolute Gasteiger partial charge is 0.454 e. The summed E-state index contributed by atoms with van der Waals surface area (Å²) in [6.07, 6.45) is 1.86. The van der Waals surface area contributed by atoms with Gasteiger partial charge in [-0.15, -0.1) is 0 Å². The highest BCUT2D eigenvalue weighted by atomic mass is 35.5. The van der Waals surface area contributed by atoms with Crippen LogP contribution in [0.4, 0.5) is 5.69 Å². The molecule has 0 radical (unpaired) electrons. The fourth-order valence-corrected chi connectivity index (χ4v) is 2.89. The summed E-state index contributed by atoms with van der Waals surface area (Å²) in [7, 11) is 0. The Labute approximate surface area is 137 Å². The number of hydrogen-bond donors (Lipinski definition) is 1. The fraction of sp³-hybridized carbons (Fsp3) is 0.118. The van der Waals surface area contributed by atoms with Gasteiger partial charge < -0.3 is 19.4 Å². The van der Waals surface area contributed by atoms with Crippen molar-refractivity contribution >= 4 is 34.1 Å². The molecule has 3 aromatic rings. The number of ether oxygens (including phenoxy) is 2. The third-order valence-corrected chi connectivity index (χ3v) is 4.06. The average Bonchev–Trinajstić information content (AvgIpc) is 3.15. The highest BCUT2D eigenvalue weighted by Gasteiger charge is 2.14. The van der Waals surface area contributed by atoms with Gasteiger partial charge in [0, 0.05) is 33.9 Å². The second-order valence-electron chi connectivity index (χ2n) is 5.23. The molecule has 1 aliphatic rings. The average molecular weight is 329 g/mol. The second-order valence-corrected chi connectivity index (χ2v) is 5.64. The van der Waals surface area contributed by atoms with E-state index in [9.17, 15) is 4.79 Å². The third-order valence-electron chi connectivity index (χ3n) is 3.73. The van der Waals surface area contributed by atoms with Gasteiger partial charge in [0.05, 0.1) is 0 Å². The van der Waals surface area contributed by atoms with Crippen LogP contribution in [-0.4, -0.2) is 17.3 Å². The Morgan fingerprint density at radius 3 is 2.96 bits per heavy atom. The Bertz CT molecular complexity index is 904. The number of rotatable bonds is 3. The van der Waals surface area contributed by atoms with Crippen LogP contribution in [0, 0.1) is 0 Å². The van der Waals surface area contributed by atoms with Crippen molar-refractivity contribution in [2.24, 2.45) is 0 Å². The van der Waals surface area contributed by atoms with Crippen molar-refractivity contribution in [3.05, 3.63) is 53.7 Å². The Morgan fingerprint density at radius 2 is 2.04 bits per heavy atom. The summed E-state index contributed by atoms with van der Waals surface area (Å²) in [5, 5.41) is 4.47. The number of amides is 1. The molecule has 1 aliphatic heterocycles. The molecular formula is C17H13ClN2O3. The highest BCUT2D eigenvalue weighted by molar-refractivity contribution is 6.35. The smallest absolute Gasteiger partial charge is 0.244 e. The molecule has 2 aromatic carbocycles. The predicted octanol–water partition coefficient (Wildman–Crippen LogP) is 3.66. The molecule has 23 heavy (non-hydrogen) atoms. The molecule has 0 saturated heterocycles. The van der Waals surface area contributed by atoms with Crippen molar-refractivity contribution in [1.29, 1.82) is 0 Å². The molecule has 1 N–H and O–H groups in total. The first-order valence-corrected chi connectivity index (χ1v) is 7.51. The molecule has 0 aliphatic carbocycles. The van der Waals surface area contributed by atoms with Gasteiger partial charge in [0.2, 0.25) is 12.7 Å². The monoisotopic (exact) mass is 328 g/mol. The van der Waals surface area contributed by atoms with E-state index < -0.39 is 0 Å². The van der Waals surface area contributed by atoms with Crippen molar-refractivity contribution in [1.82, 2.24) is 4.57 Å². The second kappa shape index (κ2) is 5.52. The lowest BCUT2D eigenvalue weighted by Gasteiger charge is -2.08. The van der Waals surface area contributed by atoms with Gasteiger partial charge in [-0.05, 0) is 30.3 Å². The Morgan fingerprint density at radius 1 is 1.17 bits per heavy atom. The van der Waals surface area contributed by atoms with Gasteiger partial charge in [0.15, 0.2) is 11.5 Å². The van der Waals surface area contributed by atoms with Gasteiger partial charge in [-0.25, -0.2) is 0 Å². The quantitative estimate of drug-likeness (QED) is 0.798. The normalized spacial score (nSPS) is 12.6. The lowest BCUT2D eigenvalue weighted by Crippen LogP contribution is -2.18. The Hall–Kier alpha value is -2.66. The van der Waals surface area contributed by atoms with E-state index in [0.29, 0.717) is 22.2 Å². The van der Waals surface area contributed by atoms with Gasteiger partial charge >= 0.3 is 0 Å². The lowest BCUT2D eigenvalue weighted by molar-refractivity contribution is -0.116. The van der Waals surface area contributed by atoms with Gasteiger partial charge in [-0.3, -0.25) is 4.79 Å². The number of aromatic nitrogens is 1. The first-order chi connectivity index (χ1) is 11.2. The van der Waals surface area contributed by atoms with Crippen LogP contribution in [0.5, 0.6) is 11.5 Å². The fourth-order valence-electron chi connectivity index (χ4n) is 2.65. The molecule has 2 heterocycles. The van der Waals surface area contributed by atoms with Gasteiger partial charge in [0.1, 0.15) is 6.54 Å². The van der Waals surface area contributed by atoms with Crippen molar-refractivity contribution in [3.8, 4) is 11.5 Å². The summed E-state index contributed by atoms with van der Waals surface area (Å²) >= 11 is 6.15. The molecule has 1 aromatic heterocycles. The highest BCUT2D eigenvalue weighted by Crippen LogP contribution is 2.34. The van der Waals surface area contributed by atoms with E-state index in [1.165, 1.54) is 0 Å². The van der Waals surface area contributed by atoms with Crippen molar-refractivity contribution in [2.45, 2.75) is 6.54 Å². The maximum atomic E-state index is 12.3. The van der Waals surface area contributed by atoms with Crippen LogP contribution in [0.1, 0.15) is 0 Å². The SMILES string of the molecule is O=C(Cn1ccc2c(Cl)cccc21)Nc1ccc2c(c1)OCO2. The molecule has 0 bridgehead atoms. The molecule has 116 valence electrons. The number of halogens is 1. The number of nitrogens with one attached hydrogen (secondary N) is 1. The summed E-state index contributed by atoms with van der Waals surface area (Å²) in [5.74, 6) is 1.20. The van der Waals surface area contributed by atoms with E-state index in [0.717, 1.165) is 10.9 Å². The minimum Gasteiger partial charge on any atom is -0.454 e. The van der Waals surface area contributed by atoms with Crippen LogP contribution >= 0.6 is 11.6 Å². The molecule has 0 atom stereocenters. The molecule has 5 nitrogen and oxygen atoms in total. The maximum Gasteiger partial charge on any atom is 0.244 e. The molecule has 4 rings (SSSR count). The van der Waals surface area contributed by atoms with Crippen LogP contribution in [0.25, 0.3) is 10.9 Å². The molecule has 6 heteroatoms. The van der Waals surface area contributed by atoms with E-state index in [1.54, 1.807) is 18.2 Å². The topological polar surface area (TPSA) is 52.5 Å². The van der Waals surface area contributed by atoms with E-state index in [1.807, 2.05) is 35.0 Å². The van der Waals surface area contributed by atoms with E-state index >= 15 is 0 Å². The Kier molecular flexibility index (Phi) is 3.35. The number of benzene rings is 2. The Balaban J connectivity index is 1.52. The summed E-state index contributed by atoms with van der Waals surface area (Å²) in [6, 6.07) is 12.9.